The van der Waals surface area contributed by atoms with Crippen LogP contribution in [0.15, 0.2) is 211 Å². The molecule has 8 aromatic carbocycles. The van der Waals surface area contributed by atoms with Gasteiger partial charge in [0.05, 0.1) is 16.7 Å². The molecular weight excluding hydrogens is 695 g/mol. The Morgan fingerprint density at radius 2 is 1.23 bits per heavy atom. The SMILES string of the molecule is C=C1/C=C\C=C/CN(c2ccc(N(c3ccc4oc5ccccc5c4c3)c3cccc4c3c3ccccc3n4-c3ccccc3)cc2)c2cc3ccccc3cc21. The molecule has 10 aromatic rings. The predicted octanol–water partition coefficient (Wildman–Crippen LogP) is 14.6. The average molecular weight is 732 g/mol. The molecular formula is C53H37N3O. The van der Waals surface area contributed by atoms with Crippen molar-refractivity contribution in [1.29, 1.82) is 0 Å². The van der Waals surface area contributed by atoms with Gasteiger partial charge in [-0.3, -0.25) is 0 Å². The van der Waals surface area contributed by atoms with Crippen molar-refractivity contribution in [1.82, 2.24) is 4.57 Å². The summed E-state index contributed by atoms with van der Waals surface area (Å²) >= 11 is 0. The van der Waals surface area contributed by atoms with Gasteiger partial charge in [0, 0.05) is 62.1 Å². The van der Waals surface area contributed by atoms with Crippen molar-refractivity contribution in [3.8, 4) is 5.69 Å². The van der Waals surface area contributed by atoms with Gasteiger partial charge in [0.25, 0.3) is 0 Å². The first-order valence-electron chi connectivity index (χ1n) is 19.4. The lowest BCUT2D eigenvalue weighted by Gasteiger charge is -2.29. The molecule has 0 amide bonds. The summed E-state index contributed by atoms with van der Waals surface area (Å²) < 4.78 is 8.69. The average Bonchev–Trinajstić information content (AvgIpc) is 3.83. The number of para-hydroxylation sites is 3. The Kier molecular flexibility index (Phi) is 7.68. The van der Waals surface area contributed by atoms with E-state index in [9.17, 15) is 0 Å². The van der Waals surface area contributed by atoms with Crippen LogP contribution in [-0.4, -0.2) is 11.1 Å². The molecule has 0 spiro atoms. The first-order valence-corrected chi connectivity index (χ1v) is 19.4. The zero-order chi connectivity index (χ0) is 37.9. The highest BCUT2D eigenvalue weighted by Crippen LogP contribution is 2.46. The van der Waals surface area contributed by atoms with Crippen molar-refractivity contribution in [3.63, 3.8) is 0 Å². The fourth-order valence-electron chi connectivity index (χ4n) is 8.66. The molecule has 11 rings (SSSR count). The summed E-state index contributed by atoms with van der Waals surface area (Å²) in [7, 11) is 0. The smallest absolute Gasteiger partial charge is 0.135 e. The van der Waals surface area contributed by atoms with Gasteiger partial charge in [0.15, 0.2) is 0 Å². The topological polar surface area (TPSA) is 24.6 Å². The molecule has 270 valence electrons. The van der Waals surface area contributed by atoms with Crippen molar-refractivity contribution in [3.05, 3.63) is 212 Å². The van der Waals surface area contributed by atoms with Crippen LogP contribution in [0.3, 0.4) is 0 Å². The number of fused-ring (bicyclic) bond motifs is 8. The van der Waals surface area contributed by atoms with Crippen molar-refractivity contribution >= 4 is 88.5 Å². The van der Waals surface area contributed by atoms with Gasteiger partial charge in [0.2, 0.25) is 0 Å². The summed E-state index contributed by atoms with van der Waals surface area (Å²) in [5.74, 6) is 0. The lowest BCUT2D eigenvalue weighted by Crippen LogP contribution is -2.18. The van der Waals surface area contributed by atoms with E-state index < -0.39 is 0 Å². The van der Waals surface area contributed by atoms with E-state index in [1.807, 2.05) is 12.1 Å². The van der Waals surface area contributed by atoms with Crippen molar-refractivity contribution in [2.24, 2.45) is 0 Å². The summed E-state index contributed by atoms with van der Waals surface area (Å²) in [6.45, 7) is 5.20. The monoisotopic (exact) mass is 731 g/mol. The van der Waals surface area contributed by atoms with Crippen LogP contribution in [0.5, 0.6) is 0 Å². The lowest BCUT2D eigenvalue weighted by atomic mass is 9.98. The number of allylic oxidation sites excluding steroid dienone is 4. The molecule has 0 saturated heterocycles. The van der Waals surface area contributed by atoms with Gasteiger partial charge in [-0.15, -0.1) is 0 Å². The highest BCUT2D eigenvalue weighted by atomic mass is 16.3. The Labute approximate surface area is 330 Å². The minimum Gasteiger partial charge on any atom is -0.456 e. The first-order chi connectivity index (χ1) is 28.2. The maximum absolute atomic E-state index is 6.31. The van der Waals surface area contributed by atoms with E-state index in [1.54, 1.807) is 0 Å². The van der Waals surface area contributed by atoms with Gasteiger partial charge in [0.1, 0.15) is 11.2 Å². The van der Waals surface area contributed by atoms with E-state index in [-0.39, 0.29) is 0 Å². The number of rotatable bonds is 5. The second-order valence-electron chi connectivity index (χ2n) is 14.6. The third-order valence-electron chi connectivity index (χ3n) is 11.3. The zero-order valence-electron chi connectivity index (χ0n) is 31.2. The number of anilines is 5. The van der Waals surface area contributed by atoms with E-state index in [4.69, 9.17) is 4.42 Å². The van der Waals surface area contributed by atoms with E-state index in [2.05, 4.69) is 209 Å². The Bertz CT molecular complexity index is 3240. The number of furan rings is 1. The molecule has 0 bridgehead atoms. The van der Waals surface area contributed by atoms with Gasteiger partial charge in [-0.2, -0.15) is 0 Å². The lowest BCUT2D eigenvalue weighted by molar-refractivity contribution is 0.669. The van der Waals surface area contributed by atoms with Crippen LogP contribution in [0, 0.1) is 0 Å². The quantitative estimate of drug-likeness (QED) is 0.176. The standard InChI is InChI=1S/C53H37N3O/c1-36-15-4-3-13-32-54(50-34-38-17-8-7-16-37(38)33-45(36)50)39-26-28-41(29-27-39)55(42-30-31-52-46(35-42)43-20-10-12-25-51(43)57-52)48-23-14-24-49-53(48)44-21-9-11-22-47(44)56(49)40-18-5-2-6-19-40/h2-31,33-35H,1,32H2/b13-3-,15-4-. The molecule has 2 aromatic heterocycles. The number of hydrogen-bond donors (Lipinski definition) is 0. The molecule has 1 aliphatic heterocycles. The second-order valence-corrected chi connectivity index (χ2v) is 14.6. The molecule has 0 aliphatic carbocycles. The third kappa shape index (κ3) is 5.45. The largest absolute Gasteiger partial charge is 0.456 e. The van der Waals surface area contributed by atoms with Crippen molar-refractivity contribution in [2.75, 3.05) is 16.3 Å². The van der Waals surface area contributed by atoms with Crippen molar-refractivity contribution < 1.29 is 4.42 Å². The van der Waals surface area contributed by atoms with Crippen LogP contribution in [0.2, 0.25) is 0 Å². The van der Waals surface area contributed by atoms with Crippen LogP contribution in [-0.2, 0) is 0 Å². The van der Waals surface area contributed by atoms with Gasteiger partial charge in [-0.25, -0.2) is 0 Å². The van der Waals surface area contributed by atoms with Crippen LogP contribution < -0.4 is 9.80 Å². The predicted molar refractivity (Wildman–Crippen MR) is 241 cm³/mol. The Hall–Kier alpha value is -7.56. The second kappa shape index (κ2) is 13.3. The van der Waals surface area contributed by atoms with Gasteiger partial charge >= 0.3 is 0 Å². The Balaban J connectivity index is 1.12. The van der Waals surface area contributed by atoms with E-state index in [0.717, 1.165) is 72.7 Å². The summed E-state index contributed by atoms with van der Waals surface area (Å²) in [5.41, 5.74) is 12.8. The van der Waals surface area contributed by atoms with Crippen LogP contribution in [0.4, 0.5) is 28.4 Å². The first kappa shape index (κ1) is 32.8. The molecule has 0 atom stereocenters. The van der Waals surface area contributed by atoms with E-state index >= 15 is 0 Å². The summed E-state index contributed by atoms with van der Waals surface area (Å²) in [6.07, 6.45) is 8.51. The highest BCUT2D eigenvalue weighted by molar-refractivity contribution is 6.17. The molecule has 1 aliphatic rings. The van der Waals surface area contributed by atoms with Crippen LogP contribution >= 0.6 is 0 Å². The fraction of sp³-hybridized carbons (Fsp3) is 0.0189. The third-order valence-corrected chi connectivity index (χ3v) is 11.3. The fourth-order valence-corrected chi connectivity index (χ4v) is 8.66. The molecule has 0 unspecified atom stereocenters. The minimum absolute atomic E-state index is 0.717. The summed E-state index contributed by atoms with van der Waals surface area (Å²) in [6, 6.07) is 63.1. The Morgan fingerprint density at radius 3 is 2.09 bits per heavy atom. The molecule has 4 nitrogen and oxygen atoms in total. The van der Waals surface area contributed by atoms with E-state index in [1.165, 1.54) is 27.1 Å². The molecule has 0 fully saturated rings. The molecule has 0 saturated carbocycles. The maximum atomic E-state index is 6.31. The molecule has 4 heteroatoms. The van der Waals surface area contributed by atoms with E-state index in [0.29, 0.717) is 6.54 Å². The number of aromatic nitrogens is 1. The van der Waals surface area contributed by atoms with Crippen molar-refractivity contribution in [2.45, 2.75) is 0 Å². The van der Waals surface area contributed by atoms with Crippen LogP contribution in [0.25, 0.3) is 65.8 Å². The van der Waals surface area contributed by atoms with Crippen LogP contribution in [0.1, 0.15) is 5.56 Å². The summed E-state index contributed by atoms with van der Waals surface area (Å²) in [5, 5.41) is 6.99. The molecule has 3 heterocycles. The maximum Gasteiger partial charge on any atom is 0.135 e. The van der Waals surface area contributed by atoms with Gasteiger partial charge < -0.3 is 18.8 Å². The molecule has 0 N–H and O–H groups in total. The van der Waals surface area contributed by atoms with Gasteiger partial charge in [-0.1, -0.05) is 116 Å². The zero-order valence-corrected chi connectivity index (χ0v) is 31.2. The number of hydrogen-bond acceptors (Lipinski definition) is 3. The summed E-state index contributed by atoms with van der Waals surface area (Å²) in [4.78, 5) is 4.79. The molecule has 0 radical (unpaired) electrons. The Morgan fingerprint density at radius 1 is 0.526 bits per heavy atom. The normalized spacial score (nSPS) is 14.2. The number of nitrogens with zero attached hydrogens (tertiary/aromatic N) is 3. The van der Waals surface area contributed by atoms with Gasteiger partial charge in [-0.05, 0) is 107 Å². The molecule has 57 heavy (non-hydrogen) atoms. The number of benzene rings is 8. The highest BCUT2D eigenvalue weighted by Gasteiger charge is 2.23. The minimum atomic E-state index is 0.717.